The number of likely N-dealkylation sites (N-methyl/N-ethyl adjacent to an activating group) is 1. The van der Waals surface area contributed by atoms with Crippen molar-refractivity contribution in [3.05, 3.63) is 45.5 Å². The van der Waals surface area contributed by atoms with E-state index in [0.29, 0.717) is 6.04 Å². The number of aliphatic carboxylic acids is 1. The maximum Gasteiger partial charge on any atom is 0.328 e. The Kier molecular flexibility index (Phi) is 5.46. The van der Waals surface area contributed by atoms with Crippen molar-refractivity contribution < 1.29 is 14.8 Å². The topological polar surface area (TPSA) is 83.7 Å². The van der Waals surface area contributed by atoms with Crippen LogP contribution in [0.2, 0.25) is 0 Å². The summed E-state index contributed by atoms with van der Waals surface area (Å²) < 4.78 is 0. The molecule has 0 amide bonds. The third-order valence-electron chi connectivity index (χ3n) is 3.25. The summed E-state index contributed by atoms with van der Waals surface area (Å²) in [5.74, 6) is -0.875. The average molecular weight is 292 g/mol. The molecule has 0 radical (unpaired) electrons. The molecule has 0 aromatic heterocycles. The lowest BCUT2D eigenvalue weighted by Crippen LogP contribution is -2.23. The second-order valence-electron chi connectivity index (χ2n) is 5.29. The van der Waals surface area contributed by atoms with Crippen LogP contribution in [0.5, 0.6) is 0 Å². The van der Waals surface area contributed by atoms with Crippen molar-refractivity contribution in [3.8, 4) is 0 Å². The molecule has 0 fully saturated rings. The molecule has 0 aliphatic carbocycles. The Morgan fingerprint density at radius 3 is 2.52 bits per heavy atom. The molecule has 2 rings (SSSR count). The summed E-state index contributed by atoms with van der Waals surface area (Å²) in [6.45, 7) is 5.61. The number of rotatable bonds is 2. The normalized spacial score (nSPS) is 15.6. The van der Waals surface area contributed by atoms with E-state index in [0.717, 1.165) is 17.7 Å². The van der Waals surface area contributed by atoms with Crippen molar-refractivity contribution in [1.29, 1.82) is 0 Å². The molecular formula is C15H20N2O4. The number of hydrogen-bond acceptors (Lipinski definition) is 4. The van der Waals surface area contributed by atoms with Crippen molar-refractivity contribution in [2.75, 3.05) is 11.9 Å². The minimum Gasteiger partial charge on any atom is -0.478 e. The van der Waals surface area contributed by atoms with Crippen LogP contribution in [0.4, 0.5) is 11.4 Å². The summed E-state index contributed by atoms with van der Waals surface area (Å²) in [5.41, 5.74) is 3.18. The van der Waals surface area contributed by atoms with Gasteiger partial charge in [-0.05, 0) is 32.8 Å². The highest BCUT2D eigenvalue weighted by molar-refractivity contribution is 5.80. The van der Waals surface area contributed by atoms with Crippen LogP contribution in [0.15, 0.2) is 29.8 Å². The average Bonchev–Trinajstić information content (AvgIpc) is 2.64. The Morgan fingerprint density at radius 1 is 1.48 bits per heavy atom. The number of allylic oxidation sites excluding steroid dienone is 1. The van der Waals surface area contributed by atoms with E-state index in [4.69, 9.17) is 5.11 Å². The number of nitro benzene ring substituents is 1. The molecule has 1 aromatic rings. The van der Waals surface area contributed by atoms with Crippen molar-refractivity contribution >= 4 is 17.3 Å². The third kappa shape index (κ3) is 4.59. The van der Waals surface area contributed by atoms with Gasteiger partial charge in [-0.3, -0.25) is 10.1 Å². The Balaban J connectivity index is 0.000000270. The molecule has 0 saturated carbocycles. The van der Waals surface area contributed by atoms with Gasteiger partial charge >= 0.3 is 5.97 Å². The quantitative estimate of drug-likeness (QED) is 0.514. The largest absolute Gasteiger partial charge is 0.478 e. The summed E-state index contributed by atoms with van der Waals surface area (Å²) in [4.78, 5) is 22.0. The molecule has 1 aliphatic rings. The van der Waals surface area contributed by atoms with Crippen LogP contribution in [-0.4, -0.2) is 29.1 Å². The van der Waals surface area contributed by atoms with Gasteiger partial charge in [-0.15, -0.1) is 0 Å². The Morgan fingerprint density at radius 2 is 2.10 bits per heavy atom. The van der Waals surface area contributed by atoms with Crippen molar-refractivity contribution in [2.45, 2.75) is 33.2 Å². The molecule has 1 aliphatic heterocycles. The first kappa shape index (κ1) is 16.7. The number of anilines is 1. The molecule has 0 spiro atoms. The fourth-order valence-corrected chi connectivity index (χ4v) is 2.11. The van der Waals surface area contributed by atoms with Crippen LogP contribution in [-0.2, 0) is 11.2 Å². The van der Waals surface area contributed by atoms with Crippen LogP contribution in [0.1, 0.15) is 26.3 Å². The maximum atomic E-state index is 10.6. The first-order valence-corrected chi connectivity index (χ1v) is 6.60. The van der Waals surface area contributed by atoms with Gasteiger partial charge in [0.2, 0.25) is 0 Å². The molecule has 1 aromatic carbocycles. The highest BCUT2D eigenvalue weighted by Crippen LogP contribution is 2.33. The zero-order valence-corrected chi connectivity index (χ0v) is 12.7. The number of carbonyl (C=O) groups is 1. The second kappa shape index (κ2) is 6.88. The van der Waals surface area contributed by atoms with Crippen LogP contribution in [0, 0.1) is 10.1 Å². The van der Waals surface area contributed by atoms with Gasteiger partial charge in [-0.1, -0.05) is 11.6 Å². The molecule has 1 unspecified atom stereocenters. The minimum atomic E-state index is -0.875. The van der Waals surface area contributed by atoms with Gasteiger partial charge in [-0.2, -0.15) is 0 Å². The van der Waals surface area contributed by atoms with Gasteiger partial charge in [-0.25, -0.2) is 4.79 Å². The molecule has 1 N–H and O–H groups in total. The zero-order valence-electron chi connectivity index (χ0n) is 12.7. The lowest BCUT2D eigenvalue weighted by atomic mass is 10.1. The molecular weight excluding hydrogens is 272 g/mol. The molecule has 0 saturated heterocycles. The summed E-state index contributed by atoms with van der Waals surface area (Å²) in [6.07, 6.45) is 2.14. The van der Waals surface area contributed by atoms with Crippen LogP contribution < -0.4 is 4.90 Å². The second-order valence-corrected chi connectivity index (χ2v) is 5.29. The third-order valence-corrected chi connectivity index (χ3v) is 3.25. The smallest absolute Gasteiger partial charge is 0.328 e. The Bertz CT molecular complexity index is 577. The van der Waals surface area contributed by atoms with Gasteiger partial charge in [0.25, 0.3) is 5.69 Å². The summed E-state index contributed by atoms with van der Waals surface area (Å²) in [5, 5.41) is 18.6. The fourth-order valence-electron chi connectivity index (χ4n) is 2.11. The first-order chi connectivity index (χ1) is 9.72. The number of non-ortho nitro benzene ring substituents is 1. The molecule has 21 heavy (non-hydrogen) atoms. The summed E-state index contributed by atoms with van der Waals surface area (Å²) in [6, 6.07) is 5.52. The lowest BCUT2D eigenvalue weighted by molar-refractivity contribution is -0.384. The summed E-state index contributed by atoms with van der Waals surface area (Å²) >= 11 is 0. The number of hydrogen-bond donors (Lipinski definition) is 1. The van der Waals surface area contributed by atoms with Crippen molar-refractivity contribution in [3.63, 3.8) is 0 Å². The van der Waals surface area contributed by atoms with Gasteiger partial charge in [0, 0.05) is 37.0 Å². The van der Waals surface area contributed by atoms with E-state index in [2.05, 4.69) is 11.8 Å². The van der Waals surface area contributed by atoms with E-state index in [1.165, 1.54) is 11.6 Å². The highest BCUT2D eigenvalue weighted by atomic mass is 16.6. The zero-order chi connectivity index (χ0) is 16.2. The first-order valence-electron chi connectivity index (χ1n) is 6.60. The van der Waals surface area contributed by atoms with Crippen LogP contribution in [0.25, 0.3) is 0 Å². The van der Waals surface area contributed by atoms with Crippen molar-refractivity contribution in [1.82, 2.24) is 0 Å². The number of fused-ring (bicyclic) bond motifs is 1. The van der Waals surface area contributed by atoms with Gasteiger partial charge in [0.1, 0.15) is 0 Å². The Hall–Kier alpha value is -2.37. The summed E-state index contributed by atoms with van der Waals surface area (Å²) in [7, 11) is 1.97. The Labute approximate surface area is 123 Å². The standard InChI is InChI=1S/C10H12N2O2.C5H8O2/c1-7-5-8-3-4-9(12(13)14)6-10(8)11(7)2;1-4(2)3-5(6)7/h3-4,6-7H,5H2,1-2H3;3H,1-2H3,(H,6,7). The van der Waals surface area contributed by atoms with Crippen LogP contribution >= 0.6 is 0 Å². The fraction of sp³-hybridized carbons (Fsp3) is 0.400. The van der Waals surface area contributed by atoms with E-state index >= 15 is 0 Å². The lowest BCUT2D eigenvalue weighted by Gasteiger charge is -2.17. The predicted octanol–water partition coefficient (Wildman–Crippen LogP) is 3.01. The highest BCUT2D eigenvalue weighted by Gasteiger charge is 2.24. The number of nitrogens with zero attached hydrogens (tertiary/aromatic N) is 2. The van der Waals surface area contributed by atoms with E-state index in [1.807, 2.05) is 13.1 Å². The van der Waals surface area contributed by atoms with E-state index in [1.54, 1.807) is 26.0 Å². The number of nitro groups is 1. The number of carboxylic acids is 1. The molecule has 0 bridgehead atoms. The molecule has 6 heteroatoms. The van der Waals surface area contributed by atoms with Crippen molar-refractivity contribution in [2.24, 2.45) is 0 Å². The van der Waals surface area contributed by atoms with E-state index in [9.17, 15) is 14.9 Å². The molecule has 114 valence electrons. The van der Waals surface area contributed by atoms with Gasteiger partial charge in [0.15, 0.2) is 0 Å². The van der Waals surface area contributed by atoms with Gasteiger partial charge in [0.05, 0.1) is 4.92 Å². The number of carboxylic acid groups (broad SMARTS) is 1. The minimum absolute atomic E-state index is 0.171. The molecule has 1 heterocycles. The SMILES string of the molecule is CC(C)=CC(=O)O.CC1Cc2ccc([N+](=O)[O-])cc2N1C. The maximum absolute atomic E-state index is 10.6. The van der Waals surface area contributed by atoms with E-state index < -0.39 is 5.97 Å². The van der Waals surface area contributed by atoms with E-state index in [-0.39, 0.29) is 10.6 Å². The number of benzene rings is 1. The van der Waals surface area contributed by atoms with Gasteiger partial charge < -0.3 is 10.0 Å². The molecule has 1 atom stereocenters. The molecule has 6 nitrogen and oxygen atoms in total. The predicted molar refractivity (Wildman–Crippen MR) is 81.7 cm³/mol. The monoisotopic (exact) mass is 292 g/mol. The van der Waals surface area contributed by atoms with Crippen LogP contribution in [0.3, 0.4) is 0 Å².